The SMILES string of the molecule is CC(=O)Cc1cc(C#N)ccc1F. The topological polar surface area (TPSA) is 40.9 Å². The van der Waals surface area contributed by atoms with Gasteiger partial charge in [0.05, 0.1) is 11.6 Å². The van der Waals surface area contributed by atoms with E-state index in [1.165, 1.54) is 25.1 Å². The first-order valence-electron chi connectivity index (χ1n) is 3.81. The molecule has 1 aromatic carbocycles. The van der Waals surface area contributed by atoms with E-state index in [4.69, 9.17) is 5.26 Å². The van der Waals surface area contributed by atoms with Gasteiger partial charge in [0.1, 0.15) is 11.6 Å². The van der Waals surface area contributed by atoms with E-state index in [0.29, 0.717) is 5.56 Å². The number of carbonyl (C=O) groups is 1. The maximum atomic E-state index is 13.0. The summed E-state index contributed by atoms with van der Waals surface area (Å²) in [5.74, 6) is -0.553. The highest BCUT2D eigenvalue weighted by Crippen LogP contribution is 2.10. The Kier molecular flexibility index (Phi) is 2.76. The Morgan fingerprint density at radius 3 is 2.85 bits per heavy atom. The van der Waals surface area contributed by atoms with Crippen molar-refractivity contribution in [2.75, 3.05) is 0 Å². The summed E-state index contributed by atoms with van der Waals surface area (Å²) in [4.78, 5) is 10.7. The predicted octanol–water partition coefficient (Wildman–Crippen LogP) is 1.83. The van der Waals surface area contributed by atoms with E-state index in [2.05, 4.69) is 0 Å². The van der Waals surface area contributed by atoms with Gasteiger partial charge in [-0.05, 0) is 30.7 Å². The maximum absolute atomic E-state index is 13.0. The molecule has 0 unspecified atom stereocenters. The van der Waals surface area contributed by atoms with E-state index in [9.17, 15) is 9.18 Å². The molecule has 0 heterocycles. The highest BCUT2D eigenvalue weighted by Gasteiger charge is 2.05. The quantitative estimate of drug-likeness (QED) is 0.691. The van der Waals surface area contributed by atoms with E-state index in [0.717, 1.165) is 0 Å². The van der Waals surface area contributed by atoms with Crippen molar-refractivity contribution >= 4 is 5.78 Å². The van der Waals surface area contributed by atoms with Gasteiger partial charge in [0.2, 0.25) is 0 Å². The average Bonchev–Trinajstić information content (AvgIpc) is 2.08. The molecule has 66 valence electrons. The monoisotopic (exact) mass is 177 g/mol. The second-order valence-electron chi connectivity index (χ2n) is 2.80. The van der Waals surface area contributed by atoms with Crippen molar-refractivity contribution in [3.63, 3.8) is 0 Å². The molecule has 13 heavy (non-hydrogen) atoms. The van der Waals surface area contributed by atoms with Gasteiger partial charge in [-0.3, -0.25) is 4.79 Å². The lowest BCUT2D eigenvalue weighted by atomic mass is 10.1. The predicted molar refractivity (Wildman–Crippen MR) is 45.5 cm³/mol. The van der Waals surface area contributed by atoms with Crippen LogP contribution in [-0.4, -0.2) is 5.78 Å². The molecule has 0 aliphatic heterocycles. The molecule has 0 aliphatic carbocycles. The molecule has 0 aromatic heterocycles. The Labute approximate surface area is 75.6 Å². The average molecular weight is 177 g/mol. The summed E-state index contributed by atoms with van der Waals surface area (Å²) in [6.07, 6.45) is 0.0430. The molecule has 3 heteroatoms. The smallest absolute Gasteiger partial charge is 0.134 e. The van der Waals surface area contributed by atoms with Gasteiger partial charge in [0, 0.05) is 6.42 Å². The summed E-state index contributed by atoms with van der Waals surface area (Å²) in [5.41, 5.74) is 0.657. The number of hydrogen-bond acceptors (Lipinski definition) is 2. The highest BCUT2D eigenvalue weighted by atomic mass is 19.1. The summed E-state index contributed by atoms with van der Waals surface area (Å²) in [6, 6.07) is 5.88. The Balaban J connectivity index is 3.05. The molecule has 0 aliphatic rings. The first-order valence-corrected chi connectivity index (χ1v) is 3.81. The van der Waals surface area contributed by atoms with Crippen LogP contribution >= 0.6 is 0 Å². The molecule has 0 amide bonds. The third-order valence-electron chi connectivity index (χ3n) is 1.61. The third-order valence-corrected chi connectivity index (χ3v) is 1.61. The Hall–Kier alpha value is -1.69. The molecule has 0 radical (unpaired) electrons. The zero-order valence-electron chi connectivity index (χ0n) is 7.17. The van der Waals surface area contributed by atoms with Crippen LogP contribution in [0.25, 0.3) is 0 Å². The normalized spacial score (nSPS) is 9.31. The van der Waals surface area contributed by atoms with Crippen LogP contribution in [0.2, 0.25) is 0 Å². The standard InChI is InChI=1S/C10H8FNO/c1-7(13)4-9-5-8(6-12)2-3-10(9)11/h2-3,5H,4H2,1H3. The number of nitrogens with zero attached hydrogens (tertiary/aromatic N) is 1. The van der Waals surface area contributed by atoms with Gasteiger partial charge in [0.25, 0.3) is 0 Å². The molecular weight excluding hydrogens is 169 g/mol. The largest absolute Gasteiger partial charge is 0.300 e. The number of rotatable bonds is 2. The molecule has 0 saturated heterocycles. The summed E-state index contributed by atoms with van der Waals surface area (Å²) in [5, 5.41) is 8.53. The maximum Gasteiger partial charge on any atom is 0.134 e. The van der Waals surface area contributed by atoms with E-state index < -0.39 is 5.82 Å². The fraction of sp³-hybridized carbons (Fsp3) is 0.200. The van der Waals surface area contributed by atoms with Crippen LogP contribution in [0.1, 0.15) is 18.1 Å². The molecule has 1 rings (SSSR count). The number of carbonyl (C=O) groups excluding carboxylic acids is 1. The second kappa shape index (κ2) is 3.81. The first-order chi connectivity index (χ1) is 6.13. The van der Waals surface area contributed by atoms with Crippen LogP contribution < -0.4 is 0 Å². The van der Waals surface area contributed by atoms with Crippen LogP contribution in [-0.2, 0) is 11.2 Å². The molecule has 0 atom stereocenters. The minimum atomic E-state index is -0.436. The van der Waals surface area contributed by atoms with Crippen LogP contribution in [0.4, 0.5) is 4.39 Å². The number of benzene rings is 1. The number of ketones is 1. The minimum absolute atomic E-state index is 0.0430. The lowest BCUT2D eigenvalue weighted by Crippen LogP contribution is -1.99. The number of halogens is 1. The highest BCUT2D eigenvalue weighted by molar-refractivity contribution is 5.78. The lowest BCUT2D eigenvalue weighted by Gasteiger charge is -1.99. The second-order valence-corrected chi connectivity index (χ2v) is 2.80. The molecule has 0 saturated carbocycles. The Bertz CT molecular complexity index is 379. The minimum Gasteiger partial charge on any atom is -0.300 e. The molecule has 0 fully saturated rings. The van der Waals surface area contributed by atoms with Gasteiger partial charge < -0.3 is 0 Å². The zero-order chi connectivity index (χ0) is 9.84. The van der Waals surface area contributed by atoms with Crippen molar-refractivity contribution in [2.45, 2.75) is 13.3 Å². The molecular formula is C10H8FNO. The number of nitriles is 1. The van der Waals surface area contributed by atoms with Gasteiger partial charge in [-0.25, -0.2) is 4.39 Å². The van der Waals surface area contributed by atoms with E-state index in [1.807, 2.05) is 6.07 Å². The van der Waals surface area contributed by atoms with Gasteiger partial charge in [0.15, 0.2) is 0 Å². The Morgan fingerprint density at radius 1 is 1.62 bits per heavy atom. The summed E-state index contributed by atoms with van der Waals surface area (Å²) >= 11 is 0. The van der Waals surface area contributed by atoms with Crippen LogP contribution in [0, 0.1) is 17.1 Å². The van der Waals surface area contributed by atoms with E-state index in [1.54, 1.807) is 0 Å². The van der Waals surface area contributed by atoms with E-state index in [-0.39, 0.29) is 17.8 Å². The molecule has 0 bridgehead atoms. The molecule has 0 spiro atoms. The van der Waals surface area contributed by atoms with E-state index >= 15 is 0 Å². The van der Waals surface area contributed by atoms with Crippen LogP contribution in [0.15, 0.2) is 18.2 Å². The third kappa shape index (κ3) is 2.38. The summed E-state index contributed by atoms with van der Waals surface area (Å²) < 4.78 is 13.0. The molecule has 0 N–H and O–H groups in total. The van der Waals surface area contributed by atoms with Crippen molar-refractivity contribution in [2.24, 2.45) is 0 Å². The number of hydrogen-bond donors (Lipinski definition) is 0. The molecule has 2 nitrogen and oxygen atoms in total. The van der Waals surface area contributed by atoms with Crippen molar-refractivity contribution in [1.82, 2.24) is 0 Å². The van der Waals surface area contributed by atoms with Crippen molar-refractivity contribution in [3.8, 4) is 6.07 Å². The molecule has 1 aromatic rings. The van der Waals surface area contributed by atoms with Gasteiger partial charge in [-0.1, -0.05) is 0 Å². The van der Waals surface area contributed by atoms with Crippen molar-refractivity contribution in [3.05, 3.63) is 35.1 Å². The van der Waals surface area contributed by atoms with Gasteiger partial charge in [-0.2, -0.15) is 5.26 Å². The number of Topliss-reactive ketones (excluding diaryl/α,β-unsaturated/α-hetero) is 1. The van der Waals surface area contributed by atoms with Crippen molar-refractivity contribution < 1.29 is 9.18 Å². The van der Waals surface area contributed by atoms with Crippen LogP contribution in [0.3, 0.4) is 0 Å². The fourth-order valence-electron chi connectivity index (χ4n) is 1.05. The van der Waals surface area contributed by atoms with Crippen molar-refractivity contribution in [1.29, 1.82) is 5.26 Å². The Morgan fingerprint density at radius 2 is 2.31 bits per heavy atom. The summed E-state index contributed by atoms with van der Waals surface area (Å²) in [7, 11) is 0. The van der Waals surface area contributed by atoms with Gasteiger partial charge in [-0.15, -0.1) is 0 Å². The zero-order valence-corrected chi connectivity index (χ0v) is 7.17. The lowest BCUT2D eigenvalue weighted by molar-refractivity contribution is -0.116. The first kappa shape index (κ1) is 9.40. The summed E-state index contributed by atoms with van der Waals surface area (Å²) in [6.45, 7) is 1.39. The van der Waals surface area contributed by atoms with Crippen LogP contribution in [0.5, 0.6) is 0 Å². The fourth-order valence-corrected chi connectivity index (χ4v) is 1.05. The van der Waals surface area contributed by atoms with Gasteiger partial charge >= 0.3 is 0 Å².